The van der Waals surface area contributed by atoms with Crippen molar-refractivity contribution in [3.63, 3.8) is 0 Å². The predicted molar refractivity (Wildman–Crippen MR) is 86.9 cm³/mol. The number of likely N-dealkylation sites (tertiary alicyclic amines) is 1. The van der Waals surface area contributed by atoms with E-state index >= 15 is 0 Å². The Balaban J connectivity index is 1.64. The maximum Gasteiger partial charge on any atom is 0.116 e. The van der Waals surface area contributed by atoms with E-state index in [9.17, 15) is 0 Å². The molecule has 1 heterocycles. The molecule has 1 saturated heterocycles. The molecule has 1 fully saturated rings. The van der Waals surface area contributed by atoms with Gasteiger partial charge in [0.1, 0.15) is 5.76 Å². The number of nitrogens with zero attached hydrogens (tertiary/aromatic N) is 1. The second-order valence-corrected chi connectivity index (χ2v) is 6.84. The van der Waals surface area contributed by atoms with Crippen molar-refractivity contribution < 1.29 is 4.74 Å². The smallest absolute Gasteiger partial charge is 0.116 e. The summed E-state index contributed by atoms with van der Waals surface area (Å²) in [6.45, 7) is 7.65. The van der Waals surface area contributed by atoms with Gasteiger partial charge in [0, 0.05) is 12.6 Å². The van der Waals surface area contributed by atoms with Gasteiger partial charge in [-0.2, -0.15) is 0 Å². The normalized spacial score (nSPS) is 24.2. The summed E-state index contributed by atoms with van der Waals surface area (Å²) >= 11 is 0. The molecule has 0 atom stereocenters. The molecule has 2 N–H and O–H groups in total. The predicted octanol–water partition coefficient (Wildman–Crippen LogP) is 3.14. The zero-order valence-corrected chi connectivity index (χ0v) is 13.4. The van der Waals surface area contributed by atoms with Gasteiger partial charge in [-0.1, -0.05) is 5.57 Å². The number of nitrogens with two attached hydrogens (primary N) is 1. The van der Waals surface area contributed by atoms with Crippen molar-refractivity contribution in [3.05, 3.63) is 34.6 Å². The first-order valence-electron chi connectivity index (χ1n) is 8.38. The van der Waals surface area contributed by atoms with E-state index in [0.29, 0.717) is 6.04 Å². The molecule has 0 spiro atoms. The van der Waals surface area contributed by atoms with Crippen LogP contribution in [0, 0.1) is 0 Å². The lowest BCUT2D eigenvalue weighted by molar-refractivity contribution is 0.156. The summed E-state index contributed by atoms with van der Waals surface area (Å²) in [5.74, 6) is 1.06. The summed E-state index contributed by atoms with van der Waals surface area (Å²) in [4.78, 5) is 2.58. The van der Waals surface area contributed by atoms with Gasteiger partial charge < -0.3 is 10.5 Å². The minimum Gasteiger partial charge on any atom is -0.491 e. The van der Waals surface area contributed by atoms with E-state index in [0.717, 1.165) is 44.7 Å². The van der Waals surface area contributed by atoms with Crippen molar-refractivity contribution in [2.45, 2.75) is 58.1 Å². The molecule has 0 aromatic carbocycles. The lowest BCUT2D eigenvalue weighted by Crippen LogP contribution is -2.40. The van der Waals surface area contributed by atoms with E-state index in [2.05, 4.69) is 30.9 Å². The van der Waals surface area contributed by atoms with Gasteiger partial charge >= 0.3 is 0 Å². The first kappa shape index (κ1) is 14.9. The zero-order valence-electron chi connectivity index (χ0n) is 13.4. The lowest BCUT2D eigenvalue weighted by atomic mass is 9.97. The van der Waals surface area contributed by atoms with Crippen LogP contribution in [0.5, 0.6) is 0 Å². The summed E-state index contributed by atoms with van der Waals surface area (Å²) in [6, 6.07) is 0.422. The highest BCUT2D eigenvalue weighted by Gasteiger charge is 2.25. The van der Waals surface area contributed by atoms with E-state index in [-0.39, 0.29) is 6.10 Å². The highest BCUT2D eigenvalue weighted by atomic mass is 16.5. The SMILES string of the molecule is CC(C)OC1=CCC2=C(CN3CCC(N)CC3)CCC2=C1. The van der Waals surface area contributed by atoms with Crippen molar-refractivity contribution in [1.29, 1.82) is 0 Å². The maximum absolute atomic E-state index is 6.00. The third kappa shape index (κ3) is 3.58. The number of rotatable bonds is 4. The molecular weight excluding hydrogens is 260 g/mol. The van der Waals surface area contributed by atoms with Crippen molar-refractivity contribution >= 4 is 0 Å². The van der Waals surface area contributed by atoms with Gasteiger partial charge in [0.2, 0.25) is 0 Å². The summed E-state index contributed by atoms with van der Waals surface area (Å²) < 4.78 is 5.83. The molecule has 2 aliphatic carbocycles. The molecule has 0 bridgehead atoms. The van der Waals surface area contributed by atoms with E-state index in [1.165, 1.54) is 18.4 Å². The fourth-order valence-corrected chi connectivity index (χ4v) is 3.59. The molecule has 0 saturated carbocycles. The standard InChI is InChI=1S/C18H28N2O/c1-13(2)21-17-5-6-18-14(11-17)3-4-15(18)12-20-9-7-16(19)8-10-20/h5,11,13,16H,3-4,6-10,12,19H2,1-2H3. The number of allylic oxidation sites excluding steroid dienone is 4. The fraction of sp³-hybridized carbons (Fsp3) is 0.667. The van der Waals surface area contributed by atoms with Gasteiger partial charge in [-0.25, -0.2) is 0 Å². The Morgan fingerprint density at radius 3 is 2.76 bits per heavy atom. The second-order valence-electron chi connectivity index (χ2n) is 6.84. The molecule has 3 aliphatic rings. The third-order valence-electron chi connectivity index (χ3n) is 4.75. The first-order valence-corrected chi connectivity index (χ1v) is 8.38. The molecule has 0 unspecified atom stereocenters. The average molecular weight is 288 g/mol. The van der Waals surface area contributed by atoms with Gasteiger partial charge in [0.25, 0.3) is 0 Å². The number of fused-ring (bicyclic) bond motifs is 1. The summed E-state index contributed by atoms with van der Waals surface area (Å²) in [5, 5.41) is 0. The topological polar surface area (TPSA) is 38.5 Å². The Morgan fingerprint density at radius 1 is 1.29 bits per heavy atom. The minimum absolute atomic E-state index is 0.261. The molecule has 3 heteroatoms. The number of hydrogen-bond donors (Lipinski definition) is 1. The number of hydrogen-bond acceptors (Lipinski definition) is 3. The Kier molecular flexibility index (Phi) is 4.51. The van der Waals surface area contributed by atoms with Gasteiger partial charge in [-0.3, -0.25) is 4.90 Å². The molecule has 3 nitrogen and oxygen atoms in total. The van der Waals surface area contributed by atoms with Crippen LogP contribution in [-0.4, -0.2) is 36.7 Å². The Morgan fingerprint density at radius 2 is 2.05 bits per heavy atom. The van der Waals surface area contributed by atoms with E-state index in [1.54, 1.807) is 11.1 Å². The van der Waals surface area contributed by atoms with Crippen LogP contribution in [0.4, 0.5) is 0 Å². The van der Waals surface area contributed by atoms with Crippen LogP contribution >= 0.6 is 0 Å². The van der Waals surface area contributed by atoms with Crippen LogP contribution in [0.3, 0.4) is 0 Å². The van der Waals surface area contributed by atoms with Crippen LogP contribution in [0.15, 0.2) is 34.6 Å². The molecule has 1 aliphatic heterocycles. The van der Waals surface area contributed by atoms with Crippen LogP contribution in [0.25, 0.3) is 0 Å². The van der Waals surface area contributed by atoms with Crippen LogP contribution in [0.1, 0.15) is 46.0 Å². The first-order chi connectivity index (χ1) is 10.1. The minimum atomic E-state index is 0.261. The van der Waals surface area contributed by atoms with Crippen molar-refractivity contribution in [1.82, 2.24) is 4.90 Å². The summed E-state index contributed by atoms with van der Waals surface area (Å²) in [7, 11) is 0. The van der Waals surface area contributed by atoms with Crippen molar-refractivity contribution in [2.24, 2.45) is 5.73 Å². The molecule has 3 rings (SSSR count). The van der Waals surface area contributed by atoms with Gasteiger partial charge in [0.05, 0.1) is 6.10 Å². The van der Waals surface area contributed by atoms with Crippen LogP contribution < -0.4 is 5.73 Å². The molecule has 116 valence electrons. The fourth-order valence-electron chi connectivity index (χ4n) is 3.59. The van der Waals surface area contributed by atoms with Gasteiger partial charge in [0.15, 0.2) is 0 Å². The summed E-state index contributed by atoms with van der Waals surface area (Å²) in [5.41, 5.74) is 10.7. The number of piperidine rings is 1. The van der Waals surface area contributed by atoms with Gasteiger partial charge in [-0.15, -0.1) is 0 Å². The van der Waals surface area contributed by atoms with E-state index in [4.69, 9.17) is 10.5 Å². The van der Waals surface area contributed by atoms with Crippen LogP contribution in [-0.2, 0) is 4.74 Å². The number of ether oxygens (including phenoxy) is 1. The third-order valence-corrected chi connectivity index (χ3v) is 4.75. The molecule has 0 radical (unpaired) electrons. The maximum atomic E-state index is 6.00. The monoisotopic (exact) mass is 288 g/mol. The van der Waals surface area contributed by atoms with E-state index in [1.807, 2.05) is 0 Å². The average Bonchev–Trinajstić information content (AvgIpc) is 2.83. The zero-order chi connectivity index (χ0) is 14.8. The van der Waals surface area contributed by atoms with Crippen molar-refractivity contribution in [2.75, 3.05) is 19.6 Å². The second kappa shape index (κ2) is 6.37. The quantitative estimate of drug-likeness (QED) is 0.863. The van der Waals surface area contributed by atoms with Gasteiger partial charge in [-0.05, 0) is 82.3 Å². The molecular formula is C18H28N2O. The molecule has 0 aromatic rings. The summed E-state index contributed by atoms with van der Waals surface area (Å²) in [6.07, 6.45) is 10.5. The lowest BCUT2D eigenvalue weighted by Gasteiger charge is -2.30. The van der Waals surface area contributed by atoms with Crippen molar-refractivity contribution in [3.8, 4) is 0 Å². The largest absolute Gasteiger partial charge is 0.491 e. The Bertz CT molecular complexity index is 479. The highest BCUT2D eigenvalue weighted by Crippen LogP contribution is 2.38. The Labute approximate surface area is 128 Å². The molecule has 0 aromatic heterocycles. The highest BCUT2D eigenvalue weighted by molar-refractivity contribution is 5.48. The molecule has 21 heavy (non-hydrogen) atoms. The van der Waals surface area contributed by atoms with E-state index < -0.39 is 0 Å². The van der Waals surface area contributed by atoms with Crippen LogP contribution in [0.2, 0.25) is 0 Å². The molecule has 0 amide bonds. The Hall–Kier alpha value is -1.06.